The van der Waals surface area contributed by atoms with Gasteiger partial charge < -0.3 is 9.88 Å². The highest BCUT2D eigenvalue weighted by atomic mass is 32.2. The van der Waals surface area contributed by atoms with E-state index in [-0.39, 0.29) is 11.2 Å². The van der Waals surface area contributed by atoms with Crippen molar-refractivity contribution >= 4 is 34.1 Å². The standard InChI is InChI=1S/C19H19N3OS/c1-13(24-19-20-10-11-22(19)17-8-9-17)18(23)21-16-7-6-14-4-2-3-5-15(14)12-16/h2-7,10-13,17H,8-9H2,1H3,(H,21,23). The Kier molecular flexibility index (Phi) is 4.02. The van der Waals surface area contributed by atoms with E-state index < -0.39 is 0 Å². The summed E-state index contributed by atoms with van der Waals surface area (Å²) in [5, 5.41) is 6.04. The molecule has 0 saturated heterocycles. The quantitative estimate of drug-likeness (QED) is 0.698. The molecule has 1 aromatic heterocycles. The molecule has 4 nitrogen and oxygen atoms in total. The molecule has 4 rings (SSSR count). The Bertz CT molecular complexity index is 885. The molecule has 1 amide bonds. The maximum Gasteiger partial charge on any atom is 0.237 e. The smallest absolute Gasteiger partial charge is 0.237 e. The van der Waals surface area contributed by atoms with Gasteiger partial charge in [-0.3, -0.25) is 4.79 Å². The van der Waals surface area contributed by atoms with Gasteiger partial charge in [-0.1, -0.05) is 42.1 Å². The van der Waals surface area contributed by atoms with Crippen molar-refractivity contribution in [2.24, 2.45) is 0 Å². The highest BCUT2D eigenvalue weighted by Gasteiger charge is 2.27. The van der Waals surface area contributed by atoms with Gasteiger partial charge in [0, 0.05) is 24.1 Å². The van der Waals surface area contributed by atoms with E-state index in [0.29, 0.717) is 6.04 Å². The Hall–Kier alpha value is -2.27. The molecule has 1 heterocycles. The van der Waals surface area contributed by atoms with Crippen LogP contribution >= 0.6 is 11.8 Å². The van der Waals surface area contributed by atoms with Crippen molar-refractivity contribution in [3.8, 4) is 0 Å². The fourth-order valence-corrected chi connectivity index (χ4v) is 3.68. The molecule has 1 aliphatic carbocycles. The van der Waals surface area contributed by atoms with Gasteiger partial charge >= 0.3 is 0 Å². The van der Waals surface area contributed by atoms with Gasteiger partial charge in [-0.15, -0.1) is 0 Å². The summed E-state index contributed by atoms with van der Waals surface area (Å²) in [4.78, 5) is 16.9. The topological polar surface area (TPSA) is 46.9 Å². The number of hydrogen-bond acceptors (Lipinski definition) is 3. The number of carbonyl (C=O) groups excluding carboxylic acids is 1. The largest absolute Gasteiger partial charge is 0.325 e. The molecule has 1 unspecified atom stereocenters. The van der Waals surface area contributed by atoms with Gasteiger partial charge in [0.25, 0.3) is 0 Å². The van der Waals surface area contributed by atoms with E-state index in [4.69, 9.17) is 0 Å². The second kappa shape index (κ2) is 6.32. The molecule has 0 aliphatic heterocycles. The molecule has 0 radical (unpaired) electrons. The van der Waals surface area contributed by atoms with Crippen LogP contribution in [0.25, 0.3) is 10.8 Å². The number of thioether (sulfide) groups is 1. The zero-order valence-electron chi connectivity index (χ0n) is 13.5. The first kappa shape index (κ1) is 15.3. The molecular formula is C19H19N3OS. The monoisotopic (exact) mass is 337 g/mol. The number of nitrogens with one attached hydrogen (secondary N) is 1. The number of amides is 1. The first-order valence-corrected chi connectivity index (χ1v) is 9.08. The lowest BCUT2D eigenvalue weighted by Gasteiger charge is -2.13. The Morgan fingerprint density at radius 3 is 2.83 bits per heavy atom. The first-order valence-electron chi connectivity index (χ1n) is 8.20. The van der Waals surface area contributed by atoms with Crippen LogP contribution in [-0.4, -0.2) is 20.7 Å². The molecule has 1 saturated carbocycles. The van der Waals surface area contributed by atoms with E-state index >= 15 is 0 Å². The van der Waals surface area contributed by atoms with Crippen LogP contribution in [0.1, 0.15) is 25.8 Å². The van der Waals surface area contributed by atoms with Crippen LogP contribution in [0.5, 0.6) is 0 Å². The lowest BCUT2D eigenvalue weighted by atomic mass is 10.1. The molecule has 122 valence electrons. The van der Waals surface area contributed by atoms with E-state index in [1.165, 1.54) is 30.0 Å². The van der Waals surface area contributed by atoms with Gasteiger partial charge in [0.05, 0.1) is 5.25 Å². The highest BCUT2D eigenvalue weighted by Crippen LogP contribution is 2.38. The second-order valence-corrected chi connectivity index (χ2v) is 7.47. The summed E-state index contributed by atoms with van der Waals surface area (Å²) in [5.41, 5.74) is 0.830. The third-order valence-electron chi connectivity index (χ3n) is 4.24. The van der Waals surface area contributed by atoms with Crippen LogP contribution in [0.15, 0.2) is 60.0 Å². The first-order chi connectivity index (χ1) is 11.7. The van der Waals surface area contributed by atoms with Crippen molar-refractivity contribution in [3.63, 3.8) is 0 Å². The molecule has 1 atom stereocenters. The summed E-state index contributed by atoms with van der Waals surface area (Å²) in [6.07, 6.45) is 6.24. The van der Waals surface area contributed by atoms with Crippen LogP contribution in [0, 0.1) is 0 Å². The molecule has 0 bridgehead atoms. The van der Waals surface area contributed by atoms with E-state index in [1.54, 1.807) is 0 Å². The zero-order valence-corrected chi connectivity index (χ0v) is 14.3. The number of nitrogens with zero attached hydrogens (tertiary/aromatic N) is 2. The molecule has 1 aliphatic rings. The van der Waals surface area contributed by atoms with Gasteiger partial charge in [-0.05, 0) is 42.7 Å². The highest BCUT2D eigenvalue weighted by molar-refractivity contribution is 8.00. The lowest BCUT2D eigenvalue weighted by Crippen LogP contribution is -2.22. The van der Waals surface area contributed by atoms with Crippen molar-refractivity contribution in [1.29, 1.82) is 0 Å². The van der Waals surface area contributed by atoms with E-state index in [1.807, 2.05) is 49.6 Å². The minimum absolute atomic E-state index is 0.000582. The van der Waals surface area contributed by atoms with E-state index in [9.17, 15) is 4.79 Å². The summed E-state index contributed by atoms with van der Waals surface area (Å²) >= 11 is 1.52. The molecule has 1 N–H and O–H groups in total. The van der Waals surface area contributed by atoms with E-state index in [2.05, 4.69) is 27.0 Å². The Balaban J connectivity index is 1.45. The van der Waals surface area contributed by atoms with Crippen LogP contribution in [0.3, 0.4) is 0 Å². The number of carbonyl (C=O) groups is 1. The lowest BCUT2D eigenvalue weighted by molar-refractivity contribution is -0.115. The van der Waals surface area contributed by atoms with Gasteiger partial charge in [0.2, 0.25) is 5.91 Å². The molecule has 0 spiro atoms. The van der Waals surface area contributed by atoms with Crippen LogP contribution in [-0.2, 0) is 4.79 Å². The Morgan fingerprint density at radius 2 is 2.04 bits per heavy atom. The number of fused-ring (bicyclic) bond motifs is 1. The number of imidazole rings is 1. The molecule has 24 heavy (non-hydrogen) atoms. The number of rotatable bonds is 5. The van der Waals surface area contributed by atoms with Gasteiger partial charge in [-0.25, -0.2) is 4.98 Å². The summed E-state index contributed by atoms with van der Waals surface area (Å²) in [6.45, 7) is 1.92. The van der Waals surface area contributed by atoms with Crippen LogP contribution in [0.2, 0.25) is 0 Å². The summed E-state index contributed by atoms with van der Waals surface area (Å²) in [7, 11) is 0. The molecule has 2 aromatic carbocycles. The average Bonchev–Trinajstić information content (AvgIpc) is 3.34. The fourth-order valence-electron chi connectivity index (χ4n) is 2.74. The average molecular weight is 337 g/mol. The zero-order chi connectivity index (χ0) is 16.5. The number of aromatic nitrogens is 2. The molecule has 3 aromatic rings. The molecular weight excluding hydrogens is 318 g/mol. The predicted octanol–water partition coefficient (Wildman–Crippen LogP) is 4.49. The summed E-state index contributed by atoms with van der Waals surface area (Å²) < 4.78 is 2.18. The van der Waals surface area contributed by atoms with Crippen LogP contribution in [0.4, 0.5) is 5.69 Å². The predicted molar refractivity (Wildman–Crippen MR) is 98.4 cm³/mol. The van der Waals surface area contributed by atoms with Gasteiger partial charge in [0.1, 0.15) is 0 Å². The SMILES string of the molecule is CC(Sc1nccn1C1CC1)C(=O)Nc1ccc2ccccc2c1. The fraction of sp³-hybridized carbons (Fsp3) is 0.263. The Labute approximate surface area is 145 Å². The number of hydrogen-bond donors (Lipinski definition) is 1. The third kappa shape index (κ3) is 3.17. The van der Waals surface area contributed by atoms with Crippen molar-refractivity contribution in [1.82, 2.24) is 9.55 Å². The normalized spacial score (nSPS) is 15.4. The van der Waals surface area contributed by atoms with Crippen molar-refractivity contribution in [2.75, 3.05) is 5.32 Å². The third-order valence-corrected chi connectivity index (χ3v) is 5.34. The van der Waals surface area contributed by atoms with Crippen LogP contribution < -0.4 is 5.32 Å². The van der Waals surface area contributed by atoms with Crippen molar-refractivity contribution in [3.05, 3.63) is 54.9 Å². The maximum atomic E-state index is 12.5. The van der Waals surface area contributed by atoms with Gasteiger partial charge in [-0.2, -0.15) is 0 Å². The second-order valence-electron chi connectivity index (χ2n) is 6.16. The molecule has 5 heteroatoms. The van der Waals surface area contributed by atoms with Crippen molar-refractivity contribution in [2.45, 2.75) is 36.2 Å². The minimum Gasteiger partial charge on any atom is -0.325 e. The summed E-state index contributed by atoms with van der Waals surface area (Å²) in [6, 6.07) is 14.7. The summed E-state index contributed by atoms with van der Waals surface area (Å²) in [5.74, 6) is 0.000582. The van der Waals surface area contributed by atoms with Crippen molar-refractivity contribution < 1.29 is 4.79 Å². The Morgan fingerprint density at radius 1 is 1.25 bits per heavy atom. The van der Waals surface area contributed by atoms with Gasteiger partial charge in [0.15, 0.2) is 5.16 Å². The molecule has 1 fully saturated rings. The minimum atomic E-state index is -0.198. The number of anilines is 1. The maximum absolute atomic E-state index is 12.5. The van der Waals surface area contributed by atoms with E-state index in [0.717, 1.165) is 16.2 Å². The number of benzene rings is 2.